The monoisotopic (exact) mass is 229 g/mol. The van der Waals surface area contributed by atoms with Crippen LogP contribution in [0.5, 0.6) is 0 Å². The van der Waals surface area contributed by atoms with E-state index in [1.807, 2.05) is 0 Å². The van der Waals surface area contributed by atoms with Gasteiger partial charge in [-0.1, -0.05) is 50.8 Å². The predicted octanol–water partition coefficient (Wildman–Crippen LogP) is 4.89. The minimum Gasteiger partial charge on any atom is -0.359 e. The number of allylic oxidation sites excluding steroid dienone is 1. The molecule has 0 unspecified atom stereocenters. The Morgan fingerprint density at radius 3 is 2.76 bits per heavy atom. The fraction of sp³-hybridized carbons (Fsp3) is 0.500. The molecule has 0 amide bonds. The second kappa shape index (κ2) is 5.90. The number of rotatable bonds is 4. The van der Waals surface area contributed by atoms with Crippen LogP contribution in [0.4, 0.5) is 5.69 Å². The number of nitrogens with one attached hydrogen (secondary N) is 1. The molecule has 1 saturated carbocycles. The Bertz CT molecular complexity index is 375. The highest BCUT2D eigenvalue weighted by atomic mass is 14.9. The normalized spacial score (nSPS) is 16.8. The Balaban J connectivity index is 1.84. The van der Waals surface area contributed by atoms with E-state index in [4.69, 9.17) is 0 Å². The van der Waals surface area contributed by atoms with Crippen LogP contribution >= 0.6 is 0 Å². The maximum Gasteiger partial charge on any atom is 0.0384 e. The lowest BCUT2D eigenvalue weighted by Crippen LogP contribution is -2.10. The highest BCUT2D eigenvalue weighted by Crippen LogP contribution is 2.28. The zero-order chi connectivity index (χ0) is 12.1. The van der Waals surface area contributed by atoms with Gasteiger partial charge in [0.05, 0.1) is 0 Å². The van der Waals surface area contributed by atoms with Crippen LogP contribution in [0.25, 0.3) is 0 Å². The predicted molar refractivity (Wildman–Crippen MR) is 75.1 cm³/mol. The quantitative estimate of drug-likeness (QED) is 0.775. The van der Waals surface area contributed by atoms with Crippen molar-refractivity contribution in [3.8, 4) is 0 Å². The molecule has 0 spiro atoms. The van der Waals surface area contributed by atoms with Gasteiger partial charge in [0.1, 0.15) is 0 Å². The summed E-state index contributed by atoms with van der Waals surface area (Å²) in [5, 5.41) is 3.44. The van der Waals surface area contributed by atoms with Crippen LogP contribution in [0.2, 0.25) is 0 Å². The smallest absolute Gasteiger partial charge is 0.0384 e. The summed E-state index contributed by atoms with van der Waals surface area (Å²) in [6.07, 6.45) is 8.13. The molecule has 0 radical (unpaired) electrons. The van der Waals surface area contributed by atoms with E-state index >= 15 is 0 Å². The molecule has 0 bridgehead atoms. The molecule has 92 valence electrons. The fourth-order valence-corrected chi connectivity index (χ4v) is 2.72. The summed E-state index contributed by atoms with van der Waals surface area (Å²) in [7, 11) is 0. The van der Waals surface area contributed by atoms with Crippen molar-refractivity contribution in [1.82, 2.24) is 0 Å². The first-order valence-corrected chi connectivity index (χ1v) is 6.75. The van der Waals surface area contributed by atoms with Crippen LogP contribution in [0.15, 0.2) is 36.5 Å². The second-order valence-electron chi connectivity index (χ2n) is 5.31. The van der Waals surface area contributed by atoms with Gasteiger partial charge in [0.25, 0.3) is 0 Å². The molecule has 1 aliphatic rings. The Labute approximate surface area is 105 Å². The largest absolute Gasteiger partial charge is 0.359 e. The van der Waals surface area contributed by atoms with Gasteiger partial charge in [-0.3, -0.25) is 0 Å². The minimum atomic E-state index is 0.855. The van der Waals surface area contributed by atoms with E-state index in [9.17, 15) is 0 Å². The highest BCUT2D eigenvalue weighted by Gasteiger charge is 2.14. The molecule has 0 heterocycles. The fourth-order valence-electron chi connectivity index (χ4n) is 2.72. The summed E-state index contributed by atoms with van der Waals surface area (Å²) in [6, 6.07) is 8.49. The van der Waals surface area contributed by atoms with Gasteiger partial charge in [0, 0.05) is 11.4 Å². The molecule has 1 N–H and O–H groups in total. The van der Waals surface area contributed by atoms with Gasteiger partial charge in [-0.2, -0.15) is 0 Å². The SMILES string of the molecule is C=C(CC1CCCCC1)Nc1cccc(C)c1. The van der Waals surface area contributed by atoms with E-state index in [0.29, 0.717) is 0 Å². The third-order valence-electron chi connectivity index (χ3n) is 3.60. The molecule has 1 aromatic rings. The van der Waals surface area contributed by atoms with Gasteiger partial charge < -0.3 is 5.32 Å². The van der Waals surface area contributed by atoms with Crippen molar-refractivity contribution in [2.75, 3.05) is 5.32 Å². The topological polar surface area (TPSA) is 12.0 Å². The number of aryl methyl sites for hydroxylation is 1. The molecule has 17 heavy (non-hydrogen) atoms. The maximum atomic E-state index is 4.16. The molecular weight excluding hydrogens is 206 g/mol. The van der Waals surface area contributed by atoms with E-state index in [1.54, 1.807) is 0 Å². The third-order valence-corrected chi connectivity index (χ3v) is 3.60. The van der Waals surface area contributed by atoms with Crippen LogP contribution in [-0.2, 0) is 0 Å². The summed E-state index contributed by atoms with van der Waals surface area (Å²) in [5.41, 5.74) is 3.63. The van der Waals surface area contributed by atoms with E-state index < -0.39 is 0 Å². The Kier molecular flexibility index (Phi) is 4.24. The van der Waals surface area contributed by atoms with E-state index in [2.05, 4.69) is 43.1 Å². The first kappa shape index (κ1) is 12.2. The average molecular weight is 229 g/mol. The molecule has 1 fully saturated rings. The molecule has 0 aliphatic heterocycles. The van der Waals surface area contributed by atoms with Gasteiger partial charge in [0.15, 0.2) is 0 Å². The van der Waals surface area contributed by atoms with Crippen LogP contribution < -0.4 is 5.32 Å². The van der Waals surface area contributed by atoms with Gasteiger partial charge in [-0.05, 0) is 37.0 Å². The van der Waals surface area contributed by atoms with Crippen LogP contribution in [0, 0.1) is 12.8 Å². The van der Waals surface area contributed by atoms with Gasteiger partial charge >= 0.3 is 0 Å². The average Bonchev–Trinajstić information content (AvgIpc) is 2.30. The van der Waals surface area contributed by atoms with Crippen LogP contribution in [0.1, 0.15) is 44.1 Å². The van der Waals surface area contributed by atoms with Crippen molar-refractivity contribution < 1.29 is 0 Å². The molecule has 0 aromatic heterocycles. The molecule has 1 aliphatic carbocycles. The zero-order valence-corrected chi connectivity index (χ0v) is 10.8. The first-order chi connectivity index (χ1) is 8.24. The molecule has 1 aromatic carbocycles. The Morgan fingerprint density at radius 1 is 1.29 bits per heavy atom. The van der Waals surface area contributed by atoms with Gasteiger partial charge in [-0.25, -0.2) is 0 Å². The molecule has 1 nitrogen and oxygen atoms in total. The second-order valence-corrected chi connectivity index (χ2v) is 5.31. The van der Waals surface area contributed by atoms with E-state index in [-0.39, 0.29) is 0 Å². The Hall–Kier alpha value is -1.24. The van der Waals surface area contributed by atoms with Gasteiger partial charge in [0.2, 0.25) is 0 Å². The van der Waals surface area contributed by atoms with Crippen molar-refractivity contribution in [2.45, 2.75) is 45.4 Å². The Morgan fingerprint density at radius 2 is 2.06 bits per heavy atom. The zero-order valence-electron chi connectivity index (χ0n) is 10.8. The lowest BCUT2D eigenvalue weighted by Gasteiger charge is -2.23. The number of anilines is 1. The van der Waals surface area contributed by atoms with Crippen molar-refractivity contribution >= 4 is 5.69 Å². The van der Waals surface area contributed by atoms with Crippen LogP contribution in [-0.4, -0.2) is 0 Å². The van der Waals surface area contributed by atoms with Crippen molar-refractivity contribution in [2.24, 2.45) is 5.92 Å². The summed E-state index contributed by atoms with van der Waals surface area (Å²) in [5.74, 6) is 0.855. The van der Waals surface area contributed by atoms with E-state index in [1.165, 1.54) is 49.1 Å². The molecule has 0 atom stereocenters. The minimum absolute atomic E-state index is 0.855. The summed E-state index contributed by atoms with van der Waals surface area (Å²) in [6.45, 7) is 6.28. The summed E-state index contributed by atoms with van der Waals surface area (Å²) >= 11 is 0. The third kappa shape index (κ3) is 3.92. The van der Waals surface area contributed by atoms with Crippen molar-refractivity contribution in [3.63, 3.8) is 0 Å². The standard InChI is InChI=1S/C16H23N/c1-13-7-6-10-16(11-13)17-14(2)12-15-8-4-3-5-9-15/h6-7,10-11,15,17H,2-5,8-9,12H2,1H3. The maximum absolute atomic E-state index is 4.16. The lowest BCUT2D eigenvalue weighted by atomic mass is 9.86. The number of hydrogen-bond donors (Lipinski definition) is 1. The highest BCUT2D eigenvalue weighted by molar-refractivity contribution is 5.49. The van der Waals surface area contributed by atoms with Crippen molar-refractivity contribution in [3.05, 3.63) is 42.1 Å². The number of benzene rings is 1. The molecule has 0 saturated heterocycles. The van der Waals surface area contributed by atoms with Gasteiger partial charge in [-0.15, -0.1) is 0 Å². The van der Waals surface area contributed by atoms with Crippen LogP contribution in [0.3, 0.4) is 0 Å². The molecular formula is C16H23N. The summed E-state index contributed by atoms with van der Waals surface area (Å²) < 4.78 is 0. The molecule has 1 heteroatoms. The first-order valence-electron chi connectivity index (χ1n) is 6.75. The summed E-state index contributed by atoms with van der Waals surface area (Å²) in [4.78, 5) is 0. The lowest BCUT2D eigenvalue weighted by molar-refractivity contribution is 0.357. The number of hydrogen-bond acceptors (Lipinski definition) is 1. The molecule has 2 rings (SSSR count). The van der Waals surface area contributed by atoms with Crippen molar-refractivity contribution in [1.29, 1.82) is 0 Å². The van der Waals surface area contributed by atoms with E-state index in [0.717, 1.165) is 12.3 Å².